The van der Waals surface area contributed by atoms with E-state index in [2.05, 4.69) is 29.9 Å². The summed E-state index contributed by atoms with van der Waals surface area (Å²) < 4.78 is 1.59. The second-order valence-corrected chi connectivity index (χ2v) is 7.54. The third-order valence-electron chi connectivity index (χ3n) is 5.26. The molecule has 0 spiro atoms. The van der Waals surface area contributed by atoms with Gasteiger partial charge in [0.25, 0.3) is 5.56 Å². The third kappa shape index (κ3) is 4.71. The zero-order valence-electron chi connectivity index (χ0n) is 17.4. The van der Waals surface area contributed by atoms with Gasteiger partial charge >= 0.3 is 0 Å². The molecule has 0 aliphatic carbocycles. The molecule has 0 bridgehead atoms. The molecule has 3 aromatic rings. The second-order valence-electron chi connectivity index (χ2n) is 7.54. The first kappa shape index (κ1) is 20.3. The van der Waals surface area contributed by atoms with Crippen molar-refractivity contribution in [3.8, 4) is 5.69 Å². The van der Waals surface area contributed by atoms with Crippen molar-refractivity contribution in [2.75, 3.05) is 19.6 Å². The van der Waals surface area contributed by atoms with E-state index in [0.717, 1.165) is 43.0 Å². The molecule has 0 unspecified atom stereocenters. The van der Waals surface area contributed by atoms with Crippen molar-refractivity contribution in [3.63, 3.8) is 0 Å². The van der Waals surface area contributed by atoms with Gasteiger partial charge in [0.15, 0.2) is 5.65 Å². The van der Waals surface area contributed by atoms with Crippen molar-refractivity contribution in [2.24, 2.45) is 0 Å². The van der Waals surface area contributed by atoms with Gasteiger partial charge in [-0.05, 0) is 56.6 Å². The summed E-state index contributed by atoms with van der Waals surface area (Å²) >= 11 is 0. The van der Waals surface area contributed by atoms with Gasteiger partial charge in [0.2, 0.25) is 0 Å². The van der Waals surface area contributed by atoms with E-state index < -0.39 is 0 Å². The van der Waals surface area contributed by atoms with Crippen LogP contribution in [0.4, 0.5) is 0 Å². The molecular weight excluding hydrogens is 348 g/mol. The number of para-hydroxylation sites is 1. The Morgan fingerprint density at radius 2 is 1.71 bits per heavy atom. The quantitative estimate of drug-likeness (QED) is 0.565. The minimum Gasteiger partial charge on any atom is -0.303 e. The van der Waals surface area contributed by atoms with Gasteiger partial charge in [-0.2, -0.15) is 0 Å². The summed E-state index contributed by atoms with van der Waals surface area (Å²) in [5.74, 6) is 0. The van der Waals surface area contributed by atoms with Crippen molar-refractivity contribution in [1.82, 2.24) is 19.7 Å². The Morgan fingerprint density at radius 3 is 2.36 bits per heavy atom. The Balaban J connectivity index is 1.82. The molecule has 0 aliphatic rings. The molecule has 0 saturated carbocycles. The van der Waals surface area contributed by atoms with Gasteiger partial charge in [-0.1, -0.05) is 44.9 Å². The molecule has 0 fully saturated rings. The summed E-state index contributed by atoms with van der Waals surface area (Å²) in [5, 5.41) is 3.88. The lowest BCUT2D eigenvalue weighted by Crippen LogP contribution is -2.28. The zero-order valence-corrected chi connectivity index (χ0v) is 17.4. The summed E-state index contributed by atoms with van der Waals surface area (Å²) in [6.45, 7) is 9.80. The molecule has 0 radical (unpaired) electrons. The fourth-order valence-electron chi connectivity index (χ4n) is 3.62. The number of hydrogen-bond donors (Lipinski definition) is 1. The standard InChI is InChI=1S/C23H32N4O/c1-4-6-14-26(15-7-5-2)16-13-19-17-18(3)21-22(24-19)25-27(23(21)28)20-11-9-8-10-12-20/h8-12,17H,4-7,13-16H2,1-3H3,(H,24,25). The Morgan fingerprint density at radius 1 is 1.04 bits per heavy atom. The fourth-order valence-corrected chi connectivity index (χ4v) is 3.62. The first-order valence-corrected chi connectivity index (χ1v) is 10.5. The number of aromatic nitrogens is 3. The van der Waals surface area contributed by atoms with E-state index in [9.17, 15) is 4.79 Å². The van der Waals surface area contributed by atoms with Gasteiger partial charge in [-0.3, -0.25) is 9.89 Å². The largest absolute Gasteiger partial charge is 0.303 e. The Bertz CT molecular complexity index is 934. The highest BCUT2D eigenvalue weighted by Crippen LogP contribution is 2.15. The van der Waals surface area contributed by atoms with Gasteiger partial charge in [0, 0.05) is 18.7 Å². The summed E-state index contributed by atoms with van der Waals surface area (Å²) in [5.41, 5.74) is 3.51. The number of unbranched alkanes of at least 4 members (excludes halogenated alkanes) is 2. The molecule has 2 aromatic heterocycles. The number of nitrogens with zero attached hydrogens (tertiary/aromatic N) is 3. The first-order chi connectivity index (χ1) is 13.6. The van der Waals surface area contributed by atoms with Crippen LogP contribution in [0.5, 0.6) is 0 Å². The normalized spacial score (nSPS) is 11.6. The van der Waals surface area contributed by atoms with Crippen LogP contribution in [-0.4, -0.2) is 39.3 Å². The number of hydrogen-bond acceptors (Lipinski definition) is 3. The molecule has 3 rings (SSSR count). The van der Waals surface area contributed by atoms with Crippen molar-refractivity contribution in [2.45, 2.75) is 52.9 Å². The Hall–Kier alpha value is -2.40. The average molecular weight is 381 g/mol. The van der Waals surface area contributed by atoms with E-state index >= 15 is 0 Å². The molecule has 150 valence electrons. The first-order valence-electron chi connectivity index (χ1n) is 10.5. The summed E-state index contributed by atoms with van der Waals surface area (Å²) in [6, 6.07) is 11.7. The molecule has 0 aliphatic heterocycles. The number of H-pyrrole nitrogens is 1. The molecule has 1 N–H and O–H groups in total. The number of pyridine rings is 1. The number of aryl methyl sites for hydroxylation is 1. The number of aromatic amines is 1. The van der Waals surface area contributed by atoms with Crippen LogP contribution in [0.1, 0.15) is 50.8 Å². The lowest BCUT2D eigenvalue weighted by atomic mass is 10.1. The fraction of sp³-hybridized carbons (Fsp3) is 0.478. The summed E-state index contributed by atoms with van der Waals surface area (Å²) in [7, 11) is 0. The third-order valence-corrected chi connectivity index (χ3v) is 5.26. The Kier molecular flexibility index (Phi) is 7.04. The van der Waals surface area contributed by atoms with E-state index in [1.54, 1.807) is 4.68 Å². The van der Waals surface area contributed by atoms with Crippen LogP contribution in [0.3, 0.4) is 0 Å². The van der Waals surface area contributed by atoms with Crippen LogP contribution in [0.2, 0.25) is 0 Å². The molecule has 0 atom stereocenters. The summed E-state index contributed by atoms with van der Waals surface area (Å²) in [6.07, 6.45) is 5.83. The van der Waals surface area contributed by atoms with E-state index in [4.69, 9.17) is 4.98 Å². The molecular formula is C23H32N4O. The van der Waals surface area contributed by atoms with Crippen molar-refractivity contribution in [3.05, 3.63) is 58.0 Å². The van der Waals surface area contributed by atoms with Gasteiger partial charge in [-0.15, -0.1) is 0 Å². The maximum absolute atomic E-state index is 12.8. The maximum Gasteiger partial charge on any atom is 0.281 e. The summed E-state index contributed by atoms with van der Waals surface area (Å²) in [4.78, 5) is 20.2. The van der Waals surface area contributed by atoms with E-state index in [1.807, 2.05) is 37.3 Å². The van der Waals surface area contributed by atoms with E-state index in [0.29, 0.717) is 11.0 Å². The van der Waals surface area contributed by atoms with Gasteiger partial charge in [0.05, 0.1) is 11.1 Å². The smallest absolute Gasteiger partial charge is 0.281 e. The van der Waals surface area contributed by atoms with Crippen LogP contribution in [0, 0.1) is 6.92 Å². The average Bonchev–Trinajstić information content (AvgIpc) is 3.05. The number of rotatable bonds is 10. The minimum absolute atomic E-state index is 0.0368. The van der Waals surface area contributed by atoms with Gasteiger partial charge in [-0.25, -0.2) is 9.67 Å². The van der Waals surface area contributed by atoms with Gasteiger partial charge < -0.3 is 4.90 Å². The van der Waals surface area contributed by atoms with Gasteiger partial charge in [0.1, 0.15) is 0 Å². The molecule has 5 nitrogen and oxygen atoms in total. The van der Waals surface area contributed by atoms with Crippen LogP contribution < -0.4 is 5.56 Å². The highest BCUT2D eigenvalue weighted by molar-refractivity contribution is 5.78. The molecule has 28 heavy (non-hydrogen) atoms. The van der Waals surface area contributed by atoms with Crippen molar-refractivity contribution >= 4 is 11.0 Å². The lowest BCUT2D eigenvalue weighted by molar-refractivity contribution is 0.267. The monoisotopic (exact) mass is 380 g/mol. The van der Waals surface area contributed by atoms with Crippen molar-refractivity contribution < 1.29 is 0 Å². The highest BCUT2D eigenvalue weighted by atomic mass is 16.1. The van der Waals surface area contributed by atoms with Crippen LogP contribution in [0.15, 0.2) is 41.2 Å². The van der Waals surface area contributed by atoms with Crippen molar-refractivity contribution in [1.29, 1.82) is 0 Å². The van der Waals surface area contributed by atoms with Crippen LogP contribution in [-0.2, 0) is 6.42 Å². The predicted octanol–water partition coefficient (Wildman–Crippen LogP) is 4.47. The Labute approximate surface area is 167 Å². The second kappa shape index (κ2) is 9.69. The predicted molar refractivity (Wildman–Crippen MR) is 116 cm³/mol. The van der Waals surface area contributed by atoms with Crippen LogP contribution in [0.25, 0.3) is 16.7 Å². The number of nitrogens with one attached hydrogen (secondary N) is 1. The zero-order chi connectivity index (χ0) is 19.9. The number of fused-ring (bicyclic) bond motifs is 1. The highest BCUT2D eigenvalue weighted by Gasteiger charge is 2.14. The van der Waals surface area contributed by atoms with E-state index in [-0.39, 0.29) is 5.56 Å². The maximum atomic E-state index is 12.8. The lowest BCUT2D eigenvalue weighted by Gasteiger charge is -2.21. The molecule has 1 aromatic carbocycles. The molecule has 0 saturated heterocycles. The molecule has 0 amide bonds. The molecule has 2 heterocycles. The minimum atomic E-state index is -0.0368. The SMILES string of the molecule is CCCCN(CCCC)CCc1cc(C)c2c(=O)n(-c3ccccc3)[nH]c2n1. The van der Waals surface area contributed by atoms with E-state index in [1.165, 1.54) is 25.7 Å². The number of benzene rings is 1. The van der Waals surface area contributed by atoms with Crippen LogP contribution >= 0.6 is 0 Å². The molecule has 5 heteroatoms. The topological polar surface area (TPSA) is 53.9 Å².